The number of hydrogen-bond acceptors (Lipinski definition) is 3. The van der Waals surface area contributed by atoms with Crippen molar-refractivity contribution >= 4 is 5.82 Å². The Morgan fingerprint density at radius 2 is 2.20 bits per heavy atom. The van der Waals surface area contributed by atoms with Gasteiger partial charge in [0.15, 0.2) is 0 Å². The Morgan fingerprint density at radius 3 is 3.00 bits per heavy atom. The Morgan fingerprint density at radius 1 is 1.40 bits per heavy atom. The van der Waals surface area contributed by atoms with Gasteiger partial charge in [-0.3, -0.25) is 0 Å². The monoisotopic (exact) mass is 205 g/mol. The predicted octanol–water partition coefficient (Wildman–Crippen LogP) is 1.72. The largest absolute Gasteiger partial charge is 0.366 e. The maximum atomic E-state index is 5.57. The third kappa shape index (κ3) is 2.48. The lowest BCUT2D eigenvalue weighted by Gasteiger charge is -2.17. The molecule has 1 aromatic rings. The van der Waals surface area contributed by atoms with Crippen molar-refractivity contribution in [2.45, 2.75) is 38.6 Å². The van der Waals surface area contributed by atoms with E-state index in [1.807, 2.05) is 0 Å². The van der Waals surface area contributed by atoms with Gasteiger partial charge in [0.05, 0.1) is 0 Å². The van der Waals surface area contributed by atoms with E-state index < -0.39 is 0 Å². The Balaban J connectivity index is 2.13. The zero-order valence-corrected chi connectivity index (χ0v) is 9.29. The van der Waals surface area contributed by atoms with E-state index in [0.717, 1.165) is 12.2 Å². The number of fused-ring (bicyclic) bond motifs is 1. The number of pyridine rings is 1. The molecular formula is C12H19N3. The van der Waals surface area contributed by atoms with Crippen LogP contribution < -0.4 is 11.1 Å². The minimum absolute atomic E-state index is 0.291. The van der Waals surface area contributed by atoms with Gasteiger partial charge in [-0.25, -0.2) is 4.98 Å². The SMILES string of the molecule is CC(CN)Nc1ccc2c(n1)CCCC2. The molecular weight excluding hydrogens is 186 g/mol. The summed E-state index contributed by atoms with van der Waals surface area (Å²) in [5.74, 6) is 0.966. The van der Waals surface area contributed by atoms with E-state index in [2.05, 4.69) is 29.4 Å². The van der Waals surface area contributed by atoms with Crippen LogP contribution in [0, 0.1) is 0 Å². The molecule has 2 rings (SSSR count). The summed E-state index contributed by atoms with van der Waals surface area (Å²) in [6.07, 6.45) is 4.90. The average Bonchev–Trinajstić information content (AvgIpc) is 2.29. The highest BCUT2D eigenvalue weighted by atomic mass is 15.0. The normalized spacial score (nSPS) is 16.9. The second-order valence-electron chi connectivity index (χ2n) is 4.29. The van der Waals surface area contributed by atoms with E-state index in [0.29, 0.717) is 12.6 Å². The molecule has 0 bridgehead atoms. The van der Waals surface area contributed by atoms with Gasteiger partial charge in [-0.2, -0.15) is 0 Å². The molecule has 0 saturated carbocycles. The van der Waals surface area contributed by atoms with E-state index in [1.54, 1.807) is 0 Å². The molecule has 0 spiro atoms. The molecule has 0 amide bonds. The third-order valence-corrected chi connectivity index (χ3v) is 2.93. The fraction of sp³-hybridized carbons (Fsp3) is 0.583. The molecule has 0 aromatic carbocycles. The minimum atomic E-state index is 0.291. The molecule has 1 atom stereocenters. The van der Waals surface area contributed by atoms with E-state index in [1.165, 1.54) is 30.5 Å². The second-order valence-corrected chi connectivity index (χ2v) is 4.29. The summed E-state index contributed by atoms with van der Waals surface area (Å²) in [6.45, 7) is 2.71. The van der Waals surface area contributed by atoms with Gasteiger partial charge >= 0.3 is 0 Å². The van der Waals surface area contributed by atoms with Crippen LogP contribution in [0.5, 0.6) is 0 Å². The highest BCUT2D eigenvalue weighted by Gasteiger charge is 2.11. The Hall–Kier alpha value is -1.09. The molecule has 1 aliphatic carbocycles. The van der Waals surface area contributed by atoms with Crippen LogP contribution in [0.2, 0.25) is 0 Å². The van der Waals surface area contributed by atoms with Gasteiger partial charge in [0, 0.05) is 18.3 Å². The van der Waals surface area contributed by atoms with Crippen LogP contribution in [0.4, 0.5) is 5.82 Å². The lowest BCUT2D eigenvalue weighted by atomic mass is 9.96. The summed E-state index contributed by atoms with van der Waals surface area (Å²) in [5.41, 5.74) is 8.26. The molecule has 3 heteroatoms. The molecule has 3 nitrogen and oxygen atoms in total. The van der Waals surface area contributed by atoms with E-state index in [9.17, 15) is 0 Å². The summed E-state index contributed by atoms with van der Waals surface area (Å²) in [7, 11) is 0. The van der Waals surface area contributed by atoms with E-state index in [4.69, 9.17) is 5.73 Å². The lowest BCUT2D eigenvalue weighted by molar-refractivity contribution is 0.667. The number of aromatic nitrogens is 1. The molecule has 0 saturated heterocycles. The van der Waals surface area contributed by atoms with Gasteiger partial charge in [0.1, 0.15) is 5.82 Å². The van der Waals surface area contributed by atoms with Crippen molar-refractivity contribution < 1.29 is 0 Å². The molecule has 3 N–H and O–H groups in total. The van der Waals surface area contributed by atoms with Gasteiger partial charge in [0.2, 0.25) is 0 Å². The molecule has 1 heterocycles. The number of anilines is 1. The molecule has 82 valence electrons. The highest BCUT2D eigenvalue weighted by molar-refractivity contribution is 5.40. The van der Waals surface area contributed by atoms with E-state index in [-0.39, 0.29) is 0 Å². The Bertz CT molecular complexity index is 336. The van der Waals surface area contributed by atoms with Gasteiger partial charge in [0.25, 0.3) is 0 Å². The summed E-state index contributed by atoms with van der Waals surface area (Å²) < 4.78 is 0. The minimum Gasteiger partial charge on any atom is -0.366 e. The van der Waals surface area contributed by atoms with Crippen molar-refractivity contribution in [1.82, 2.24) is 4.98 Å². The van der Waals surface area contributed by atoms with Crippen LogP contribution in [-0.2, 0) is 12.8 Å². The van der Waals surface area contributed by atoms with Gasteiger partial charge in [-0.15, -0.1) is 0 Å². The first-order valence-corrected chi connectivity index (χ1v) is 5.75. The van der Waals surface area contributed by atoms with Gasteiger partial charge in [-0.1, -0.05) is 6.07 Å². The van der Waals surface area contributed by atoms with Crippen LogP contribution in [0.15, 0.2) is 12.1 Å². The molecule has 15 heavy (non-hydrogen) atoms. The number of rotatable bonds is 3. The Kier molecular flexibility index (Phi) is 3.21. The van der Waals surface area contributed by atoms with Gasteiger partial charge in [-0.05, 0) is 44.2 Å². The molecule has 1 aromatic heterocycles. The van der Waals surface area contributed by atoms with Gasteiger partial charge < -0.3 is 11.1 Å². The summed E-state index contributed by atoms with van der Waals surface area (Å²) in [6, 6.07) is 4.56. The molecule has 1 unspecified atom stereocenters. The average molecular weight is 205 g/mol. The fourth-order valence-corrected chi connectivity index (χ4v) is 1.97. The second kappa shape index (κ2) is 4.62. The quantitative estimate of drug-likeness (QED) is 0.790. The summed E-state index contributed by atoms with van der Waals surface area (Å²) in [5, 5.41) is 3.31. The first-order chi connectivity index (χ1) is 7.29. The number of aryl methyl sites for hydroxylation is 2. The van der Waals surface area contributed by atoms with Crippen LogP contribution in [0.1, 0.15) is 31.0 Å². The van der Waals surface area contributed by atoms with Crippen molar-refractivity contribution in [2.75, 3.05) is 11.9 Å². The standard InChI is InChI=1S/C12H19N3/c1-9(8-13)14-12-7-6-10-4-2-3-5-11(10)15-12/h6-7,9H,2-5,8,13H2,1H3,(H,14,15). The van der Waals surface area contributed by atoms with E-state index >= 15 is 0 Å². The zero-order chi connectivity index (χ0) is 10.7. The van der Waals surface area contributed by atoms with Crippen LogP contribution in [0.3, 0.4) is 0 Å². The van der Waals surface area contributed by atoms with Crippen molar-refractivity contribution in [3.8, 4) is 0 Å². The number of nitrogens with one attached hydrogen (secondary N) is 1. The topological polar surface area (TPSA) is 50.9 Å². The smallest absolute Gasteiger partial charge is 0.126 e. The fourth-order valence-electron chi connectivity index (χ4n) is 1.97. The van der Waals surface area contributed by atoms with Crippen molar-refractivity contribution in [3.63, 3.8) is 0 Å². The maximum Gasteiger partial charge on any atom is 0.126 e. The van der Waals surface area contributed by atoms with Crippen LogP contribution in [-0.4, -0.2) is 17.6 Å². The predicted molar refractivity (Wildman–Crippen MR) is 63.0 cm³/mol. The van der Waals surface area contributed by atoms with Crippen LogP contribution in [0.25, 0.3) is 0 Å². The summed E-state index contributed by atoms with van der Waals surface area (Å²) >= 11 is 0. The number of nitrogens with zero attached hydrogens (tertiary/aromatic N) is 1. The van der Waals surface area contributed by atoms with Crippen molar-refractivity contribution in [3.05, 3.63) is 23.4 Å². The van der Waals surface area contributed by atoms with Crippen molar-refractivity contribution in [2.24, 2.45) is 5.73 Å². The van der Waals surface area contributed by atoms with Crippen LogP contribution >= 0.6 is 0 Å². The first-order valence-electron chi connectivity index (χ1n) is 5.75. The molecule has 1 aliphatic rings. The molecule has 0 fully saturated rings. The maximum absolute atomic E-state index is 5.57. The Labute approximate surface area is 91.1 Å². The molecule has 0 radical (unpaired) electrons. The third-order valence-electron chi connectivity index (χ3n) is 2.93. The first kappa shape index (κ1) is 10.4. The highest BCUT2D eigenvalue weighted by Crippen LogP contribution is 2.21. The van der Waals surface area contributed by atoms with Crippen molar-refractivity contribution in [1.29, 1.82) is 0 Å². The zero-order valence-electron chi connectivity index (χ0n) is 9.29. The number of nitrogens with two attached hydrogens (primary N) is 1. The molecule has 0 aliphatic heterocycles. The number of hydrogen-bond donors (Lipinski definition) is 2. The lowest BCUT2D eigenvalue weighted by Crippen LogP contribution is -2.26. The summed E-state index contributed by atoms with van der Waals surface area (Å²) in [4.78, 5) is 4.63.